The summed E-state index contributed by atoms with van der Waals surface area (Å²) in [6.45, 7) is 0.734. The zero-order valence-corrected chi connectivity index (χ0v) is 15.4. The van der Waals surface area contributed by atoms with Crippen LogP contribution < -0.4 is 10.9 Å². The zero-order valence-electron chi connectivity index (χ0n) is 14.6. The second-order valence-electron chi connectivity index (χ2n) is 5.89. The highest BCUT2D eigenvalue weighted by Gasteiger charge is 2.07. The van der Waals surface area contributed by atoms with E-state index in [-0.39, 0.29) is 30.2 Å². The zero-order chi connectivity index (χ0) is 19.1. The molecule has 0 saturated carbocycles. The molecule has 0 aliphatic rings. The predicted molar refractivity (Wildman–Crippen MR) is 103 cm³/mol. The molecule has 0 unspecified atom stereocenters. The van der Waals surface area contributed by atoms with Gasteiger partial charge in [0.05, 0.1) is 11.9 Å². The van der Waals surface area contributed by atoms with Gasteiger partial charge in [-0.3, -0.25) is 9.59 Å². The Hall–Kier alpha value is -2.74. The van der Waals surface area contributed by atoms with Gasteiger partial charge in [0.25, 0.3) is 5.56 Å². The Morgan fingerprint density at radius 3 is 2.74 bits per heavy atom. The fourth-order valence-corrected chi connectivity index (χ4v) is 3.34. The van der Waals surface area contributed by atoms with Crippen molar-refractivity contribution in [2.75, 3.05) is 12.3 Å². The van der Waals surface area contributed by atoms with Crippen molar-refractivity contribution >= 4 is 28.6 Å². The number of rotatable bonds is 8. The number of carbonyl (C=O) groups is 1. The monoisotopic (exact) mass is 386 g/mol. The Kier molecular flexibility index (Phi) is 6.54. The molecule has 0 fully saturated rings. The minimum absolute atomic E-state index is 0.136. The third kappa shape index (κ3) is 5.37. The van der Waals surface area contributed by atoms with Crippen LogP contribution in [0.5, 0.6) is 0 Å². The Balaban J connectivity index is 1.39. The first kappa shape index (κ1) is 19.0. The van der Waals surface area contributed by atoms with E-state index in [9.17, 15) is 14.0 Å². The Morgan fingerprint density at radius 1 is 1.15 bits per heavy atom. The topological polar surface area (TPSA) is 76.9 Å². The third-order valence-electron chi connectivity index (χ3n) is 3.91. The Bertz CT molecular complexity index is 975. The molecule has 0 aliphatic heterocycles. The fourth-order valence-electron chi connectivity index (χ4n) is 2.49. The molecule has 1 aromatic heterocycles. The van der Waals surface area contributed by atoms with Crippen molar-refractivity contribution in [2.45, 2.75) is 24.3 Å². The summed E-state index contributed by atoms with van der Waals surface area (Å²) in [5, 5.41) is 11.2. The molecule has 0 bridgehead atoms. The summed E-state index contributed by atoms with van der Waals surface area (Å²) < 4.78 is 14.0. The fraction of sp³-hybridized carbons (Fsp3) is 0.263. The van der Waals surface area contributed by atoms with Crippen molar-refractivity contribution in [1.29, 1.82) is 0 Å². The summed E-state index contributed by atoms with van der Waals surface area (Å²) in [5.74, 6) is 0.437. The smallest absolute Gasteiger partial charge is 0.277 e. The highest BCUT2D eigenvalue weighted by Crippen LogP contribution is 2.18. The van der Waals surface area contributed by atoms with Gasteiger partial charge in [0.1, 0.15) is 11.3 Å². The van der Waals surface area contributed by atoms with Crippen molar-refractivity contribution in [3.8, 4) is 0 Å². The van der Waals surface area contributed by atoms with Gasteiger partial charge in [0.2, 0.25) is 5.91 Å². The maximum absolute atomic E-state index is 12.8. The molecule has 1 heterocycles. The summed E-state index contributed by atoms with van der Waals surface area (Å²) in [6, 6.07) is 13.3. The molecule has 140 valence electrons. The van der Waals surface area contributed by atoms with E-state index in [1.165, 1.54) is 16.8 Å². The molecule has 27 heavy (non-hydrogen) atoms. The maximum Gasteiger partial charge on any atom is 0.277 e. The molecule has 3 aromatic rings. The molecule has 0 atom stereocenters. The van der Waals surface area contributed by atoms with Crippen LogP contribution in [0.25, 0.3) is 10.9 Å². The molecule has 0 radical (unpaired) electrons. The van der Waals surface area contributed by atoms with Crippen LogP contribution in [0.2, 0.25) is 0 Å². The first-order valence-electron chi connectivity index (χ1n) is 8.61. The van der Waals surface area contributed by atoms with Crippen LogP contribution in [0.4, 0.5) is 4.39 Å². The number of hydrogen-bond acceptors (Lipinski definition) is 5. The number of aromatic nitrogens is 3. The average Bonchev–Trinajstić information content (AvgIpc) is 2.69. The van der Waals surface area contributed by atoms with Crippen molar-refractivity contribution in [2.24, 2.45) is 0 Å². The SMILES string of the molecule is O=C(CCn1nnc2ccccc2c1=O)NCCCSc1ccc(F)cc1. The number of hydrogen-bond donors (Lipinski definition) is 1. The van der Waals surface area contributed by atoms with Crippen LogP contribution in [0.15, 0.2) is 58.2 Å². The molecule has 6 nitrogen and oxygen atoms in total. The first-order valence-corrected chi connectivity index (χ1v) is 9.59. The lowest BCUT2D eigenvalue weighted by atomic mass is 10.2. The van der Waals surface area contributed by atoms with Gasteiger partial charge in [-0.1, -0.05) is 17.3 Å². The van der Waals surface area contributed by atoms with E-state index in [0.29, 0.717) is 17.4 Å². The summed E-state index contributed by atoms with van der Waals surface area (Å²) in [5.41, 5.74) is 0.297. The van der Waals surface area contributed by atoms with Gasteiger partial charge in [-0.05, 0) is 48.6 Å². The number of nitrogens with zero attached hydrogens (tertiary/aromatic N) is 3. The molecule has 0 saturated heterocycles. The van der Waals surface area contributed by atoms with Crippen LogP contribution in [0.3, 0.4) is 0 Å². The minimum atomic E-state index is -0.248. The number of amides is 1. The number of aryl methyl sites for hydroxylation is 1. The van der Waals surface area contributed by atoms with E-state index in [0.717, 1.165) is 17.1 Å². The van der Waals surface area contributed by atoms with Crippen LogP contribution in [0, 0.1) is 5.82 Å². The molecule has 1 amide bonds. The second-order valence-corrected chi connectivity index (χ2v) is 7.06. The van der Waals surface area contributed by atoms with Gasteiger partial charge in [-0.25, -0.2) is 9.07 Å². The van der Waals surface area contributed by atoms with Crippen molar-refractivity contribution < 1.29 is 9.18 Å². The normalized spacial score (nSPS) is 10.9. The average molecular weight is 386 g/mol. The van der Waals surface area contributed by atoms with E-state index < -0.39 is 0 Å². The molecule has 2 aromatic carbocycles. The van der Waals surface area contributed by atoms with Gasteiger partial charge in [0.15, 0.2) is 0 Å². The largest absolute Gasteiger partial charge is 0.356 e. The number of nitrogens with one attached hydrogen (secondary N) is 1. The first-order chi connectivity index (χ1) is 13.1. The van der Waals surface area contributed by atoms with Gasteiger partial charge >= 0.3 is 0 Å². The highest BCUT2D eigenvalue weighted by molar-refractivity contribution is 7.99. The van der Waals surface area contributed by atoms with E-state index in [2.05, 4.69) is 15.6 Å². The summed E-state index contributed by atoms with van der Waals surface area (Å²) in [7, 11) is 0. The number of thioether (sulfide) groups is 1. The van der Waals surface area contributed by atoms with Gasteiger partial charge in [0, 0.05) is 17.9 Å². The Morgan fingerprint density at radius 2 is 1.93 bits per heavy atom. The molecule has 3 rings (SSSR count). The quantitative estimate of drug-likeness (QED) is 0.476. The highest BCUT2D eigenvalue weighted by atomic mass is 32.2. The molecular formula is C19H19FN4O2S. The number of halogens is 1. The minimum Gasteiger partial charge on any atom is -0.356 e. The maximum atomic E-state index is 12.8. The molecule has 1 N–H and O–H groups in total. The van der Waals surface area contributed by atoms with Crippen molar-refractivity contribution in [3.63, 3.8) is 0 Å². The Labute approximate surface area is 159 Å². The van der Waals surface area contributed by atoms with Gasteiger partial charge < -0.3 is 5.32 Å². The van der Waals surface area contributed by atoms with Crippen molar-refractivity contribution in [1.82, 2.24) is 20.3 Å². The molecule has 8 heteroatoms. The van der Waals surface area contributed by atoms with E-state index >= 15 is 0 Å². The van der Waals surface area contributed by atoms with Gasteiger partial charge in [-0.2, -0.15) is 0 Å². The van der Waals surface area contributed by atoms with E-state index in [4.69, 9.17) is 0 Å². The lowest BCUT2D eigenvalue weighted by Crippen LogP contribution is -2.30. The lowest BCUT2D eigenvalue weighted by molar-refractivity contribution is -0.121. The number of carbonyl (C=O) groups excluding carboxylic acids is 1. The summed E-state index contributed by atoms with van der Waals surface area (Å²) in [4.78, 5) is 25.2. The number of benzene rings is 2. The van der Waals surface area contributed by atoms with Crippen molar-refractivity contribution in [3.05, 3.63) is 64.7 Å². The molecular weight excluding hydrogens is 367 g/mol. The third-order valence-corrected chi connectivity index (χ3v) is 5.00. The summed E-state index contributed by atoms with van der Waals surface area (Å²) in [6.07, 6.45) is 0.960. The molecule has 0 aliphatic carbocycles. The second kappa shape index (κ2) is 9.27. The van der Waals surface area contributed by atoms with E-state index in [1.807, 2.05) is 0 Å². The van der Waals surface area contributed by atoms with Crippen LogP contribution in [0.1, 0.15) is 12.8 Å². The summed E-state index contributed by atoms with van der Waals surface area (Å²) >= 11 is 1.61. The van der Waals surface area contributed by atoms with Crippen LogP contribution in [-0.2, 0) is 11.3 Å². The lowest BCUT2D eigenvalue weighted by Gasteiger charge is -2.07. The van der Waals surface area contributed by atoms with Gasteiger partial charge in [-0.15, -0.1) is 16.9 Å². The molecule has 0 spiro atoms. The van der Waals surface area contributed by atoms with Crippen LogP contribution in [-0.4, -0.2) is 33.2 Å². The number of fused-ring (bicyclic) bond motifs is 1. The predicted octanol–water partition coefficient (Wildman–Crippen LogP) is 2.62. The van der Waals surface area contributed by atoms with Crippen LogP contribution >= 0.6 is 11.8 Å². The standard InChI is InChI=1S/C19H19FN4O2S/c20-14-6-8-15(9-7-14)27-13-3-11-21-18(25)10-12-24-19(26)16-4-1-2-5-17(16)22-23-24/h1-2,4-9H,3,10-13H2,(H,21,25). The van der Waals surface area contributed by atoms with E-state index in [1.54, 1.807) is 48.2 Å².